The number of hydrogen-bond donors (Lipinski definition) is 2. The molecule has 1 saturated heterocycles. The van der Waals surface area contributed by atoms with Gasteiger partial charge in [0.15, 0.2) is 0 Å². The van der Waals surface area contributed by atoms with Gasteiger partial charge in [-0.25, -0.2) is 9.97 Å². The van der Waals surface area contributed by atoms with E-state index in [1.54, 1.807) is 6.07 Å². The number of hydrogen-bond acceptors (Lipinski definition) is 5. The van der Waals surface area contributed by atoms with Crippen molar-refractivity contribution in [1.82, 2.24) is 20.3 Å². The predicted octanol–water partition coefficient (Wildman–Crippen LogP) is 3.10. The third-order valence-electron chi connectivity index (χ3n) is 5.38. The molecule has 1 aliphatic rings. The summed E-state index contributed by atoms with van der Waals surface area (Å²) in [6.45, 7) is 5.39. The van der Waals surface area contributed by atoms with Crippen LogP contribution in [0.25, 0.3) is 10.9 Å². The lowest BCUT2D eigenvalue weighted by Crippen LogP contribution is -2.40. The van der Waals surface area contributed by atoms with Crippen molar-refractivity contribution >= 4 is 22.6 Å². The Kier molecular flexibility index (Phi) is 5.17. The second-order valence-corrected chi connectivity index (χ2v) is 7.47. The van der Waals surface area contributed by atoms with Crippen LogP contribution in [0.3, 0.4) is 0 Å². The van der Waals surface area contributed by atoms with Crippen LogP contribution in [0.5, 0.6) is 0 Å². The van der Waals surface area contributed by atoms with Crippen LogP contribution in [0.15, 0.2) is 30.3 Å². The highest BCUT2D eigenvalue weighted by Crippen LogP contribution is 2.24. The Balaban J connectivity index is 1.47. The number of rotatable bonds is 5. The lowest BCUT2D eigenvalue weighted by atomic mass is 10.2. The number of amides is 1. The largest absolute Gasteiger partial charge is 0.352 e. The lowest BCUT2D eigenvalue weighted by Gasteiger charge is -2.26. The fourth-order valence-corrected chi connectivity index (χ4v) is 3.86. The molecule has 7 nitrogen and oxygen atoms in total. The van der Waals surface area contributed by atoms with E-state index in [4.69, 9.17) is 0 Å². The first kappa shape index (κ1) is 18.9. The highest BCUT2D eigenvalue weighted by molar-refractivity contribution is 5.98. The molecule has 2 N–H and O–H groups in total. The van der Waals surface area contributed by atoms with Crippen LogP contribution in [0.4, 0.5) is 5.82 Å². The number of fused-ring (bicyclic) bond motifs is 1. The Morgan fingerprint density at radius 3 is 3.00 bits per heavy atom. The Morgan fingerprint density at radius 2 is 2.21 bits per heavy atom. The van der Waals surface area contributed by atoms with Gasteiger partial charge in [-0.1, -0.05) is 19.1 Å². The average molecular weight is 388 g/mol. The monoisotopic (exact) mass is 388 g/mol. The zero-order chi connectivity index (χ0) is 20.4. The summed E-state index contributed by atoms with van der Waals surface area (Å²) >= 11 is 0. The molecule has 1 aliphatic heterocycles. The molecule has 1 unspecified atom stereocenters. The number of carbonyl (C=O) groups excluding carboxylic acids is 1. The molecular weight excluding hydrogens is 364 g/mol. The fourth-order valence-electron chi connectivity index (χ4n) is 3.86. The standard InChI is InChI=1S/C22H24N6O/c1-3-20-25-16(12-23)11-21(27-20)28-8-4-5-17(28)13-24-22(29)19-10-15-7-6-14(2)9-18(15)26-19/h6-7,9-11,17,26H,3-5,8,13H2,1-2H3,(H,24,29). The van der Waals surface area contributed by atoms with E-state index in [2.05, 4.69) is 31.2 Å². The average Bonchev–Trinajstić information content (AvgIpc) is 3.38. The van der Waals surface area contributed by atoms with Crippen molar-refractivity contribution in [3.63, 3.8) is 0 Å². The number of aryl methyl sites for hydroxylation is 2. The predicted molar refractivity (Wildman–Crippen MR) is 112 cm³/mol. The molecule has 1 atom stereocenters. The van der Waals surface area contributed by atoms with Crippen molar-refractivity contribution in [2.75, 3.05) is 18.0 Å². The second-order valence-electron chi connectivity index (χ2n) is 7.47. The van der Waals surface area contributed by atoms with E-state index in [-0.39, 0.29) is 11.9 Å². The van der Waals surface area contributed by atoms with Gasteiger partial charge in [0.2, 0.25) is 0 Å². The first-order valence-electron chi connectivity index (χ1n) is 9.99. The quantitative estimate of drug-likeness (QED) is 0.700. The molecule has 7 heteroatoms. The normalized spacial score (nSPS) is 16.2. The van der Waals surface area contributed by atoms with Gasteiger partial charge in [0, 0.05) is 42.5 Å². The number of H-pyrrole nitrogens is 1. The van der Waals surface area contributed by atoms with Gasteiger partial charge in [0.05, 0.1) is 0 Å². The molecule has 148 valence electrons. The maximum absolute atomic E-state index is 12.7. The molecule has 0 bridgehead atoms. The summed E-state index contributed by atoms with van der Waals surface area (Å²) in [5, 5.41) is 13.3. The van der Waals surface area contributed by atoms with Crippen molar-refractivity contribution in [1.29, 1.82) is 5.26 Å². The van der Waals surface area contributed by atoms with Crippen LogP contribution in [0.1, 0.15) is 47.3 Å². The molecule has 29 heavy (non-hydrogen) atoms. The van der Waals surface area contributed by atoms with E-state index in [0.29, 0.717) is 30.2 Å². The fraction of sp³-hybridized carbons (Fsp3) is 0.364. The minimum absolute atomic E-state index is 0.111. The molecule has 3 aromatic rings. The van der Waals surface area contributed by atoms with Crippen molar-refractivity contribution in [2.24, 2.45) is 0 Å². The van der Waals surface area contributed by atoms with Crippen molar-refractivity contribution < 1.29 is 4.79 Å². The van der Waals surface area contributed by atoms with E-state index < -0.39 is 0 Å². The number of anilines is 1. The van der Waals surface area contributed by atoms with Crippen molar-refractivity contribution in [3.8, 4) is 6.07 Å². The molecular formula is C22H24N6O. The maximum atomic E-state index is 12.7. The van der Waals surface area contributed by atoms with Crippen molar-refractivity contribution in [2.45, 2.75) is 39.2 Å². The summed E-state index contributed by atoms with van der Waals surface area (Å²) in [7, 11) is 0. The summed E-state index contributed by atoms with van der Waals surface area (Å²) in [6.07, 6.45) is 2.68. The van der Waals surface area contributed by atoms with Crippen LogP contribution in [0.2, 0.25) is 0 Å². The minimum atomic E-state index is -0.111. The van der Waals surface area contributed by atoms with E-state index in [1.807, 2.05) is 38.1 Å². The third-order valence-corrected chi connectivity index (χ3v) is 5.38. The van der Waals surface area contributed by atoms with Crippen LogP contribution < -0.4 is 10.2 Å². The Labute approximate surface area is 169 Å². The van der Waals surface area contributed by atoms with Crippen molar-refractivity contribution in [3.05, 3.63) is 53.1 Å². The highest BCUT2D eigenvalue weighted by atomic mass is 16.1. The number of aromatic amines is 1. The highest BCUT2D eigenvalue weighted by Gasteiger charge is 2.27. The Morgan fingerprint density at radius 1 is 1.34 bits per heavy atom. The van der Waals surface area contributed by atoms with Gasteiger partial charge in [-0.3, -0.25) is 4.79 Å². The van der Waals surface area contributed by atoms with E-state index in [0.717, 1.165) is 41.7 Å². The van der Waals surface area contributed by atoms with Crippen LogP contribution in [-0.4, -0.2) is 40.0 Å². The Bertz CT molecular complexity index is 1100. The molecule has 3 heterocycles. The van der Waals surface area contributed by atoms with E-state index >= 15 is 0 Å². The summed E-state index contributed by atoms with van der Waals surface area (Å²) in [5.41, 5.74) is 3.07. The Hall–Kier alpha value is -3.40. The molecule has 1 fully saturated rings. The zero-order valence-corrected chi connectivity index (χ0v) is 16.7. The molecule has 0 saturated carbocycles. The number of carbonyl (C=O) groups is 1. The molecule has 1 aromatic carbocycles. The molecule has 0 radical (unpaired) electrons. The van der Waals surface area contributed by atoms with E-state index in [1.165, 1.54) is 0 Å². The number of nitrogens with zero attached hydrogens (tertiary/aromatic N) is 4. The van der Waals surface area contributed by atoms with E-state index in [9.17, 15) is 10.1 Å². The van der Waals surface area contributed by atoms with Crippen LogP contribution in [-0.2, 0) is 6.42 Å². The molecule has 1 amide bonds. The SMILES string of the molecule is CCc1nc(C#N)cc(N2CCCC2CNC(=O)c2cc3ccc(C)cc3[nH]2)n1. The first-order valence-corrected chi connectivity index (χ1v) is 9.99. The zero-order valence-electron chi connectivity index (χ0n) is 16.7. The minimum Gasteiger partial charge on any atom is -0.352 e. The number of benzene rings is 1. The van der Waals surface area contributed by atoms with Gasteiger partial charge in [-0.15, -0.1) is 0 Å². The lowest BCUT2D eigenvalue weighted by molar-refractivity contribution is 0.0947. The molecule has 2 aromatic heterocycles. The second kappa shape index (κ2) is 7.92. The maximum Gasteiger partial charge on any atom is 0.267 e. The first-order chi connectivity index (χ1) is 14.1. The van der Waals surface area contributed by atoms with Crippen LogP contribution in [0, 0.1) is 18.3 Å². The summed E-state index contributed by atoms with van der Waals surface area (Å²) < 4.78 is 0. The van der Waals surface area contributed by atoms with Gasteiger partial charge in [-0.05, 0) is 37.5 Å². The van der Waals surface area contributed by atoms with Gasteiger partial charge >= 0.3 is 0 Å². The number of nitriles is 1. The van der Waals surface area contributed by atoms with Gasteiger partial charge < -0.3 is 15.2 Å². The third kappa shape index (κ3) is 3.92. The van der Waals surface area contributed by atoms with Crippen LogP contribution >= 0.6 is 0 Å². The summed E-state index contributed by atoms with van der Waals surface area (Å²) in [4.78, 5) is 26.9. The van der Waals surface area contributed by atoms with Gasteiger partial charge in [-0.2, -0.15) is 5.26 Å². The topological polar surface area (TPSA) is 97.7 Å². The van der Waals surface area contributed by atoms with Gasteiger partial charge in [0.25, 0.3) is 5.91 Å². The number of aromatic nitrogens is 3. The molecule has 0 aliphatic carbocycles. The van der Waals surface area contributed by atoms with Gasteiger partial charge in [0.1, 0.15) is 29.1 Å². The summed E-state index contributed by atoms with van der Waals surface area (Å²) in [5.74, 6) is 1.33. The smallest absolute Gasteiger partial charge is 0.267 e. The summed E-state index contributed by atoms with van der Waals surface area (Å²) in [6, 6.07) is 12.0. The molecule has 4 rings (SSSR count). The number of nitrogens with one attached hydrogen (secondary N) is 2. The molecule has 0 spiro atoms.